The van der Waals surface area contributed by atoms with Gasteiger partial charge in [0.05, 0.1) is 12.6 Å². The Bertz CT molecular complexity index is 549. The van der Waals surface area contributed by atoms with Gasteiger partial charge in [-0.05, 0) is 55.0 Å². The van der Waals surface area contributed by atoms with Gasteiger partial charge in [0, 0.05) is 25.6 Å². The average Bonchev–Trinajstić information content (AvgIpc) is 3.29. The summed E-state index contributed by atoms with van der Waals surface area (Å²) in [5, 5.41) is 13.9. The molecule has 26 heavy (non-hydrogen) atoms. The first kappa shape index (κ1) is 23.0. The lowest BCUT2D eigenvalue weighted by Gasteiger charge is -2.20. The molecule has 0 aromatic carbocycles. The summed E-state index contributed by atoms with van der Waals surface area (Å²) in [5.41, 5.74) is 1.32. The number of alkyl carbamates (subject to hydrolysis) is 1. The summed E-state index contributed by atoms with van der Waals surface area (Å²) >= 11 is 1.71. The number of hydrogen-bond donors (Lipinski definition) is 3. The van der Waals surface area contributed by atoms with Crippen LogP contribution < -0.4 is 16.0 Å². The maximum atomic E-state index is 11.7. The molecule has 1 fully saturated rings. The Balaban J connectivity index is 0.00000338. The summed E-state index contributed by atoms with van der Waals surface area (Å²) in [5.74, 6) is 1.71. The van der Waals surface area contributed by atoms with Crippen LogP contribution in [0.3, 0.4) is 0 Å². The van der Waals surface area contributed by atoms with Crippen molar-refractivity contribution in [3.8, 4) is 0 Å². The number of nitrogens with zero attached hydrogens (tertiary/aromatic N) is 1. The second-order valence-electron chi connectivity index (χ2n) is 6.37. The molecule has 0 aliphatic heterocycles. The van der Waals surface area contributed by atoms with Crippen LogP contribution in [-0.4, -0.2) is 44.3 Å². The SMILES string of the molecule is CCNC(=NCC(C)c1ccsc1)NCC(NC(=O)OCC)C1CC1.I. The monoisotopic (exact) mass is 494 g/mol. The first-order chi connectivity index (χ1) is 12.1. The predicted octanol–water partition coefficient (Wildman–Crippen LogP) is 3.55. The topological polar surface area (TPSA) is 74.8 Å². The number of guanidine groups is 1. The second kappa shape index (κ2) is 12.4. The molecule has 1 aromatic rings. The van der Waals surface area contributed by atoms with Crippen molar-refractivity contribution in [2.75, 3.05) is 26.2 Å². The number of halogens is 1. The van der Waals surface area contributed by atoms with Crippen LogP contribution in [0.4, 0.5) is 4.79 Å². The van der Waals surface area contributed by atoms with Gasteiger partial charge in [-0.1, -0.05) is 6.92 Å². The molecule has 8 heteroatoms. The molecule has 2 atom stereocenters. The minimum Gasteiger partial charge on any atom is -0.450 e. The maximum absolute atomic E-state index is 11.7. The Kier molecular flexibility index (Phi) is 11.0. The number of carbonyl (C=O) groups excluding carboxylic acids is 1. The Morgan fingerprint density at radius 2 is 2.15 bits per heavy atom. The fourth-order valence-electron chi connectivity index (χ4n) is 2.60. The van der Waals surface area contributed by atoms with E-state index in [0.717, 1.165) is 31.9 Å². The molecule has 148 valence electrons. The highest BCUT2D eigenvalue weighted by Crippen LogP contribution is 2.32. The van der Waals surface area contributed by atoms with Gasteiger partial charge >= 0.3 is 6.09 Å². The molecule has 1 amide bonds. The summed E-state index contributed by atoms with van der Waals surface area (Å²) in [4.78, 5) is 16.4. The third-order valence-electron chi connectivity index (χ3n) is 4.24. The van der Waals surface area contributed by atoms with Crippen molar-refractivity contribution in [3.05, 3.63) is 22.4 Å². The third-order valence-corrected chi connectivity index (χ3v) is 4.94. The standard InChI is InChI=1S/C18H30N4O2S.HI/c1-4-19-17(20-10-13(3)15-8-9-25-12-15)21-11-16(14-6-7-14)22-18(23)24-5-2;/h8-9,12-14,16H,4-7,10-11H2,1-3H3,(H,22,23)(H2,19,20,21);1H. The highest BCUT2D eigenvalue weighted by molar-refractivity contribution is 14.0. The molecule has 0 radical (unpaired) electrons. The number of aliphatic imine (C=N–C) groups is 1. The zero-order valence-electron chi connectivity index (χ0n) is 15.8. The fourth-order valence-corrected chi connectivity index (χ4v) is 3.38. The van der Waals surface area contributed by atoms with E-state index in [0.29, 0.717) is 25.0 Å². The molecular formula is C18H31IN4O2S. The van der Waals surface area contributed by atoms with Gasteiger partial charge in [0.25, 0.3) is 0 Å². The average molecular weight is 494 g/mol. The number of thiophene rings is 1. The Labute approximate surface area is 177 Å². The quantitative estimate of drug-likeness (QED) is 0.279. The molecule has 1 aromatic heterocycles. The zero-order valence-corrected chi connectivity index (χ0v) is 18.9. The van der Waals surface area contributed by atoms with Gasteiger partial charge in [0.2, 0.25) is 0 Å². The lowest BCUT2D eigenvalue weighted by molar-refractivity contribution is 0.146. The van der Waals surface area contributed by atoms with Crippen molar-refractivity contribution in [3.63, 3.8) is 0 Å². The lowest BCUT2D eigenvalue weighted by Crippen LogP contribution is -2.48. The van der Waals surface area contributed by atoms with E-state index < -0.39 is 0 Å². The number of carbonyl (C=O) groups is 1. The lowest BCUT2D eigenvalue weighted by atomic mass is 10.1. The van der Waals surface area contributed by atoms with Crippen LogP contribution in [0.2, 0.25) is 0 Å². The first-order valence-corrected chi connectivity index (χ1v) is 10.1. The van der Waals surface area contributed by atoms with Crippen molar-refractivity contribution in [1.29, 1.82) is 0 Å². The van der Waals surface area contributed by atoms with Gasteiger partial charge in [0.1, 0.15) is 0 Å². The Morgan fingerprint density at radius 1 is 1.38 bits per heavy atom. The molecule has 6 nitrogen and oxygen atoms in total. The van der Waals surface area contributed by atoms with E-state index in [1.165, 1.54) is 5.56 Å². The first-order valence-electron chi connectivity index (χ1n) is 9.11. The number of hydrogen-bond acceptors (Lipinski definition) is 4. The summed E-state index contributed by atoms with van der Waals surface area (Å²) in [7, 11) is 0. The smallest absolute Gasteiger partial charge is 0.407 e. The highest BCUT2D eigenvalue weighted by atomic mass is 127. The molecule has 0 bridgehead atoms. The van der Waals surface area contributed by atoms with Gasteiger partial charge < -0.3 is 20.7 Å². The molecule has 0 saturated heterocycles. The molecule has 0 spiro atoms. The van der Waals surface area contributed by atoms with Crippen LogP contribution in [-0.2, 0) is 4.74 Å². The molecule has 1 heterocycles. The Morgan fingerprint density at radius 3 is 2.73 bits per heavy atom. The molecule has 2 rings (SSSR count). The Hall–Kier alpha value is -1.03. The van der Waals surface area contributed by atoms with Gasteiger partial charge in [-0.15, -0.1) is 24.0 Å². The number of amides is 1. The zero-order chi connectivity index (χ0) is 18.1. The van der Waals surface area contributed by atoms with Crippen molar-refractivity contribution >= 4 is 47.4 Å². The van der Waals surface area contributed by atoms with Gasteiger partial charge in [-0.25, -0.2) is 4.79 Å². The van der Waals surface area contributed by atoms with Gasteiger partial charge in [-0.2, -0.15) is 11.3 Å². The van der Waals surface area contributed by atoms with Crippen molar-refractivity contribution in [2.45, 2.75) is 45.6 Å². The van der Waals surface area contributed by atoms with Crippen molar-refractivity contribution in [2.24, 2.45) is 10.9 Å². The van der Waals surface area contributed by atoms with Crippen LogP contribution >= 0.6 is 35.3 Å². The molecule has 2 unspecified atom stereocenters. The van der Waals surface area contributed by atoms with E-state index in [4.69, 9.17) is 9.73 Å². The molecule has 3 N–H and O–H groups in total. The van der Waals surface area contributed by atoms with Crippen LogP contribution in [0, 0.1) is 5.92 Å². The normalized spacial score (nSPS) is 16.2. The fraction of sp³-hybridized carbons (Fsp3) is 0.667. The molecular weight excluding hydrogens is 463 g/mol. The third kappa shape index (κ3) is 8.11. The van der Waals surface area contributed by atoms with Crippen LogP contribution in [0.15, 0.2) is 21.8 Å². The number of rotatable bonds is 9. The summed E-state index contributed by atoms with van der Waals surface area (Å²) in [6, 6.07) is 2.23. The van der Waals surface area contributed by atoms with E-state index in [1.54, 1.807) is 11.3 Å². The van der Waals surface area contributed by atoms with Gasteiger partial charge in [-0.3, -0.25) is 4.99 Å². The van der Waals surface area contributed by atoms with E-state index in [9.17, 15) is 4.79 Å². The largest absolute Gasteiger partial charge is 0.450 e. The van der Waals surface area contributed by atoms with Gasteiger partial charge in [0.15, 0.2) is 5.96 Å². The van der Waals surface area contributed by atoms with Crippen molar-refractivity contribution < 1.29 is 9.53 Å². The molecule has 1 aliphatic carbocycles. The molecule has 1 aliphatic rings. The minimum absolute atomic E-state index is 0. The predicted molar refractivity (Wildman–Crippen MR) is 119 cm³/mol. The number of ether oxygens (including phenoxy) is 1. The van der Waals surface area contributed by atoms with E-state index in [2.05, 4.69) is 46.6 Å². The van der Waals surface area contributed by atoms with Crippen LogP contribution in [0.1, 0.15) is 45.1 Å². The summed E-state index contributed by atoms with van der Waals surface area (Å²) in [6.45, 7) is 8.63. The van der Waals surface area contributed by atoms with Crippen LogP contribution in [0.5, 0.6) is 0 Å². The molecule has 1 saturated carbocycles. The van der Waals surface area contributed by atoms with Crippen LogP contribution in [0.25, 0.3) is 0 Å². The van der Waals surface area contributed by atoms with E-state index >= 15 is 0 Å². The number of nitrogens with one attached hydrogen (secondary N) is 3. The van der Waals surface area contributed by atoms with E-state index in [-0.39, 0.29) is 36.1 Å². The van der Waals surface area contributed by atoms with E-state index in [1.807, 2.05) is 6.92 Å². The second-order valence-corrected chi connectivity index (χ2v) is 7.15. The maximum Gasteiger partial charge on any atom is 0.407 e. The minimum atomic E-state index is -0.339. The highest BCUT2D eigenvalue weighted by Gasteiger charge is 2.32. The summed E-state index contributed by atoms with van der Waals surface area (Å²) in [6.07, 6.45) is 1.97. The summed E-state index contributed by atoms with van der Waals surface area (Å²) < 4.78 is 5.00. The van der Waals surface area contributed by atoms with Crippen molar-refractivity contribution in [1.82, 2.24) is 16.0 Å².